The number of halogens is 1. The van der Waals surface area contributed by atoms with Crippen LogP contribution >= 0.6 is 11.8 Å². The summed E-state index contributed by atoms with van der Waals surface area (Å²) in [5.41, 5.74) is 1.62. The van der Waals surface area contributed by atoms with E-state index in [1.54, 1.807) is 12.4 Å². The second kappa shape index (κ2) is 6.70. The monoisotopic (exact) mass is 334 g/mol. The smallest absolute Gasteiger partial charge is 0.230 e. The molecule has 0 radical (unpaired) electrons. The fourth-order valence-corrected chi connectivity index (χ4v) is 3.67. The van der Waals surface area contributed by atoms with Crippen LogP contribution in [0, 0.1) is 5.82 Å². The average molecular weight is 334 g/mol. The molecule has 0 bridgehead atoms. The fourth-order valence-electron chi connectivity index (χ4n) is 2.82. The van der Waals surface area contributed by atoms with Crippen molar-refractivity contribution in [3.05, 3.63) is 41.5 Å². The first-order valence-electron chi connectivity index (χ1n) is 7.65. The Morgan fingerprint density at radius 2 is 2.35 bits per heavy atom. The highest BCUT2D eigenvalue weighted by molar-refractivity contribution is 7.99. The predicted molar refractivity (Wildman–Crippen MR) is 86.7 cm³/mol. The number of carbonyl (C=O) groups is 1. The number of thioether (sulfide) groups is 1. The molecule has 1 unspecified atom stereocenters. The van der Waals surface area contributed by atoms with Crippen LogP contribution in [0.2, 0.25) is 0 Å². The van der Waals surface area contributed by atoms with E-state index in [2.05, 4.69) is 15.5 Å². The standard InChI is InChI=1S/C16H19FN4OS/c1-10(2)21-9-18-20-16(21)23-8-15(22)19-14-7-6-11-12(14)4-3-5-13(11)17/h3-5,9-10,14H,6-8H2,1-2H3,(H,19,22). The van der Waals surface area contributed by atoms with E-state index < -0.39 is 0 Å². The summed E-state index contributed by atoms with van der Waals surface area (Å²) in [6.07, 6.45) is 3.08. The largest absolute Gasteiger partial charge is 0.349 e. The minimum Gasteiger partial charge on any atom is -0.349 e. The van der Waals surface area contributed by atoms with Crippen LogP contribution in [0.4, 0.5) is 4.39 Å². The van der Waals surface area contributed by atoms with Gasteiger partial charge >= 0.3 is 0 Å². The Labute approximate surface area is 138 Å². The Hall–Kier alpha value is -1.89. The molecule has 0 fully saturated rings. The zero-order chi connectivity index (χ0) is 16.4. The minimum absolute atomic E-state index is 0.0737. The molecule has 7 heteroatoms. The van der Waals surface area contributed by atoms with Gasteiger partial charge in [0.15, 0.2) is 5.16 Å². The number of nitrogens with zero attached hydrogens (tertiary/aromatic N) is 3. The van der Waals surface area contributed by atoms with E-state index in [9.17, 15) is 9.18 Å². The summed E-state index contributed by atoms with van der Waals surface area (Å²) in [5.74, 6) is 0.0149. The van der Waals surface area contributed by atoms with Gasteiger partial charge in [0.1, 0.15) is 12.1 Å². The number of hydrogen-bond acceptors (Lipinski definition) is 4. The summed E-state index contributed by atoms with van der Waals surface area (Å²) in [7, 11) is 0. The summed E-state index contributed by atoms with van der Waals surface area (Å²) in [6.45, 7) is 4.08. The Morgan fingerprint density at radius 3 is 3.13 bits per heavy atom. The zero-order valence-corrected chi connectivity index (χ0v) is 13.9. The SMILES string of the molecule is CC(C)n1cnnc1SCC(=O)NC1CCc2c(F)cccc21. The summed E-state index contributed by atoms with van der Waals surface area (Å²) in [4.78, 5) is 12.2. The third-order valence-electron chi connectivity index (χ3n) is 3.98. The number of aromatic nitrogens is 3. The van der Waals surface area contributed by atoms with Crippen molar-refractivity contribution in [2.75, 3.05) is 5.75 Å². The molecule has 0 saturated carbocycles. The van der Waals surface area contributed by atoms with Gasteiger partial charge in [-0.2, -0.15) is 0 Å². The van der Waals surface area contributed by atoms with Gasteiger partial charge in [0.25, 0.3) is 0 Å². The van der Waals surface area contributed by atoms with E-state index in [4.69, 9.17) is 0 Å². The second-order valence-electron chi connectivity index (χ2n) is 5.87. The molecule has 2 aromatic rings. The van der Waals surface area contributed by atoms with Crippen LogP contribution in [-0.4, -0.2) is 26.4 Å². The summed E-state index contributed by atoms with van der Waals surface area (Å²) < 4.78 is 15.6. The first-order chi connectivity index (χ1) is 11.1. The number of fused-ring (bicyclic) bond motifs is 1. The fraction of sp³-hybridized carbons (Fsp3) is 0.438. The maximum Gasteiger partial charge on any atom is 0.230 e. The van der Waals surface area contributed by atoms with Gasteiger partial charge in [-0.1, -0.05) is 23.9 Å². The molecule has 1 amide bonds. The maximum atomic E-state index is 13.7. The van der Waals surface area contributed by atoms with Crippen molar-refractivity contribution in [2.24, 2.45) is 0 Å². The lowest BCUT2D eigenvalue weighted by molar-refractivity contribution is -0.119. The molecule has 0 spiro atoms. The van der Waals surface area contributed by atoms with Gasteiger partial charge in [0, 0.05) is 6.04 Å². The quantitative estimate of drug-likeness (QED) is 0.854. The van der Waals surface area contributed by atoms with Crippen LogP contribution in [0.3, 0.4) is 0 Å². The normalized spacial score (nSPS) is 16.6. The van der Waals surface area contributed by atoms with Crippen molar-refractivity contribution < 1.29 is 9.18 Å². The minimum atomic E-state index is -0.182. The van der Waals surface area contributed by atoms with Gasteiger partial charge in [-0.25, -0.2) is 4.39 Å². The summed E-state index contributed by atoms with van der Waals surface area (Å²) in [6, 6.07) is 5.20. The van der Waals surface area contributed by atoms with Crippen molar-refractivity contribution in [1.29, 1.82) is 0 Å². The second-order valence-corrected chi connectivity index (χ2v) is 6.81. The zero-order valence-electron chi connectivity index (χ0n) is 13.1. The molecule has 1 aromatic carbocycles. The number of benzene rings is 1. The van der Waals surface area contributed by atoms with Crippen LogP contribution < -0.4 is 5.32 Å². The topological polar surface area (TPSA) is 59.8 Å². The van der Waals surface area contributed by atoms with Crippen LogP contribution in [0.15, 0.2) is 29.7 Å². The van der Waals surface area contributed by atoms with Crippen LogP contribution in [-0.2, 0) is 11.2 Å². The highest BCUT2D eigenvalue weighted by atomic mass is 32.2. The van der Waals surface area contributed by atoms with Crippen molar-refractivity contribution in [2.45, 2.75) is 43.9 Å². The third-order valence-corrected chi connectivity index (χ3v) is 4.93. The lowest BCUT2D eigenvalue weighted by Gasteiger charge is -2.14. The molecule has 1 aliphatic rings. The van der Waals surface area contributed by atoms with Crippen LogP contribution in [0.5, 0.6) is 0 Å². The lowest BCUT2D eigenvalue weighted by atomic mass is 10.1. The summed E-state index contributed by atoms with van der Waals surface area (Å²) >= 11 is 1.36. The third kappa shape index (κ3) is 3.39. The molecule has 5 nitrogen and oxygen atoms in total. The van der Waals surface area contributed by atoms with Gasteiger partial charge < -0.3 is 9.88 Å². The van der Waals surface area contributed by atoms with E-state index in [0.717, 1.165) is 22.7 Å². The maximum absolute atomic E-state index is 13.7. The molecule has 0 aliphatic heterocycles. The van der Waals surface area contributed by atoms with Gasteiger partial charge in [-0.15, -0.1) is 10.2 Å². The number of rotatable bonds is 5. The Bertz CT molecular complexity index is 716. The molecule has 1 atom stereocenters. The molecule has 3 rings (SSSR count). The molecular formula is C16H19FN4OS. The van der Waals surface area contributed by atoms with Crippen LogP contribution in [0.1, 0.15) is 43.5 Å². The number of carbonyl (C=O) groups excluding carboxylic acids is 1. The van der Waals surface area contributed by atoms with E-state index in [1.165, 1.54) is 17.8 Å². The molecule has 1 heterocycles. The van der Waals surface area contributed by atoms with E-state index in [-0.39, 0.29) is 29.6 Å². The van der Waals surface area contributed by atoms with Crippen molar-refractivity contribution in [3.8, 4) is 0 Å². The molecule has 1 N–H and O–H groups in total. The van der Waals surface area contributed by atoms with Gasteiger partial charge in [0.05, 0.1) is 11.8 Å². The van der Waals surface area contributed by atoms with Crippen molar-refractivity contribution in [3.63, 3.8) is 0 Å². The van der Waals surface area contributed by atoms with Gasteiger partial charge in [-0.05, 0) is 43.9 Å². The van der Waals surface area contributed by atoms with Gasteiger partial charge in [0.2, 0.25) is 5.91 Å². The number of hydrogen-bond donors (Lipinski definition) is 1. The van der Waals surface area contributed by atoms with E-state index >= 15 is 0 Å². The van der Waals surface area contributed by atoms with Crippen molar-refractivity contribution in [1.82, 2.24) is 20.1 Å². The average Bonchev–Trinajstić information content (AvgIpc) is 3.13. The molecule has 23 heavy (non-hydrogen) atoms. The molecule has 1 aromatic heterocycles. The van der Waals surface area contributed by atoms with Crippen molar-refractivity contribution >= 4 is 17.7 Å². The van der Waals surface area contributed by atoms with Gasteiger partial charge in [-0.3, -0.25) is 4.79 Å². The van der Waals surface area contributed by atoms with E-state index in [0.29, 0.717) is 6.42 Å². The Morgan fingerprint density at radius 1 is 1.52 bits per heavy atom. The first-order valence-corrected chi connectivity index (χ1v) is 8.63. The molecule has 0 saturated heterocycles. The predicted octanol–water partition coefficient (Wildman–Crippen LogP) is 2.89. The highest BCUT2D eigenvalue weighted by Crippen LogP contribution is 2.32. The molecule has 1 aliphatic carbocycles. The Kier molecular flexibility index (Phi) is 4.66. The molecule has 122 valence electrons. The number of amides is 1. The van der Waals surface area contributed by atoms with E-state index in [1.807, 2.05) is 24.5 Å². The Balaban J connectivity index is 1.59. The number of nitrogens with one attached hydrogen (secondary N) is 1. The highest BCUT2D eigenvalue weighted by Gasteiger charge is 2.26. The first kappa shape index (κ1) is 16.0. The molecular weight excluding hydrogens is 315 g/mol. The van der Waals surface area contributed by atoms with Crippen LogP contribution in [0.25, 0.3) is 0 Å². The summed E-state index contributed by atoms with van der Waals surface area (Å²) in [5, 5.41) is 11.6. The lowest BCUT2D eigenvalue weighted by Crippen LogP contribution is -2.28.